The molecule has 6 nitrogen and oxygen atoms in total. The molecule has 1 aromatic carbocycles. The number of methoxy groups -OCH3 is 2. The number of carbonyl (C=O) groups is 1. The summed E-state index contributed by atoms with van der Waals surface area (Å²) in [6.45, 7) is 7.35. The average molecular weight is 335 g/mol. The first kappa shape index (κ1) is 18.4. The molecular weight excluding hydrogens is 306 g/mol. The van der Waals surface area contributed by atoms with Crippen LogP contribution in [0.1, 0.15) is 26.7 Å². The molecule has 0 radical (unpaired) electrons. The second-order valence-electron chi connectivity index (χ2n) is 6.50. The molecule has 0 saturated carbocycles. The summed E-state index contributed by atoms with van der Waals surface area (Å²) in [6.07, 6.45) is 2.36. The Labute approximate surface area is 144 Å². The van der Waals surface area contributed by atoms with Gasteiger partial charge in [-0.2, -0.15) is 0 Å². The summed E-state index contributed by atoms with van der Waals surface area (Å²) in [7, 11) is 3.16. The summed E-state index contributed by atoms with van der Waals surface area (Å²) in [5.41, 5.74) is 0.678. The fourth-order valence-corrected chi connectivity index (χ4v) is 3.06. The second-order valence-corrected chi connectivity index (χ2v) is 6.50. The normalized spacial score (nSPS) is 18.3. The lowest BCUT2D eigenvalue weighted by Gasteiger charge is -2.35. The van der Waals surface area contributed by atoms with Crippen LogP contribution in [0.4, 0.5) is 10.5 Å². The highest BCUT2D eigenvalue weighted by Crippen LogP contribution is 2.29. The zero-order chi connectivity index (χ0) is 17.5. The highest BCUT2D eigenvalue weighted by atomic mass is 16.5. The minimum atomic E-state index is -0.191. The van der Waals surface area contributed by atoms with E-state index in [2.05, 4.69) is 29.4 Å². The first-order valence-electron chi connectivity index (χ1n) is 8.54. The third kappa shape index (κ3) is 5.03. The zero-order valence-electron chi connectivity index (χ0n) is 15.1. The van der Waals surface area contributed by atoms with Crippen LogP contribution in [0, 0.1) is 5.92 Å². The third-order valence-electron chi connectivity index (χ3n) is 4.47. The SMILES string of the molecule is COc1ccc(NC(=O)NC[C@@H]2CCCN(C(C)C)C2)cc1OC. The number of piperidine rings is 1. The third-order valence-corrected chi connectivity index (χ3v) is 4.47. The quantitative estimate of drug-likeness (QED) is 0.839. The van der Waals surface area contributed by atoms with Crippen molar-refractivity contribution >= 4 is 11.7 Å². The van der Waals surface area contributed by atoms with Crippen LogP contribution in [0.25, 0.3) is 0 Å². The number of carbonyl (C=O) groups excluding carboxylic acids is 1. The van der Waals surface area contributed by atoms with Crippen LogP contribution < -0.4 is 20.1 Å². The predicted molar refractivity (Wildman–Crippen MR) is 96.0 cm³/mol. The van der Waals surface area contributed by atoms with E-state index in [0.29, 0.717) is 35.7 Å². The van der Waals surface area contributed by atoms with Crippen molar-refractivity contribution in [2.24, 2.45) is 5.92 Å². The van der Waals surface area contributed by atoms with E-state index in [1.54, 1.807) is 32.4 Å². The molecule has 24 heavy (non-hydrogen) atoms. The van der Waals surface area contributed by atoms with E-state index >= 15 is 0 Å². The van der Waals surface area contributed by atoms with Gasteiger partial charge in [-0.3, -0.25) is 0 Å². The van der Waals surface area contributed by atoms with Crippen LogP contribution >= 0.6 is 0 Å². The molecule has 0 aromatic heterocycles. The van der Waals surface area contributed by atoms with Crippen LogP contribution in [-0.2, 0) is 0 Å². The number of rotatable bonds is 6. The lowest BCUT2D eigenvalue weighted by atomic mass is 9.97. The van der Waals surface area contributed by atoms with Crippen molar-refractivity contribution in [2.45, 2.75) is 32.7 Å². The number of likely N-dealkylation sites (tertiary alicyclic amines) is 1. The number of nitrogens with zero attached hydrogens (tertiary/aromatic N) is 1. The molecule has 1 fully saturated rings. The summed E-state index contributed by atoms with van der Waals surface area (Å²) in [5.74, 6) is 1.74. The van der Waals surface area contributed by atoms with Gasteiger partial charge >= 0.3 is 6.03 Å². The molecule has 1 heterocycles. The highest BCUT2D eigenvalue weighted by Gasteiger charge is 2.21. The van der Waals surface area contributed by atoms with E-state index in [1.807, 2.05) is 0 Å². The zero-order valence-corrected chi connectivity index (χ0v) is 15.1. The number of urea groups is 1. The fourth-order valence-electron chi connectivity index (χ4n) is 3.06. The Hall–Kier alpha value is -1.95. The number of hydrogen-bond acceptors (Lipinski definition) is 4. The molecular formula is C18H29N3O3. The molecule has 1 aliphatic heterocycles. The number of amides is 2. The van der Waals surface area contributed by atoms with Crippen LogP contribution in [0.2, 0.25) is 0 Å². The molecule has 0 unspecified atom stereocenters. The first-order chi connectivity index (χ1) is 11.5. The van der Waals surface area contributed by atoms with Gasteiger partial charge in [0.25, 0.3) is 0 Å². The van der Waals surface area contributed by atoms with E-state index in [1.165, 1.54) is 12.8 Å². The standard InChI is InChI=1S/C18H29N3O3/c1-13(2)21-9-5-6-14(12-21)11-19-18(22)20-15-7-8-16(23-3)17(10-15)24-4/h7-8,10,13-14H,5-6,9,11-12H2,1-4H3,(H2,19,20,22)/t14-/m0/s1. The number of ether oxygens (including phenoxy) is 2. The topological polar surface area (TPSA) is 62.8 Å². The summed E-state index contributed by atoms with van der Waals surface area (Å²) in [5, 5.41) is 5.82. The maximum Gasteiger partial charge on any atom is 0.319 e. The van der Waals surface area contributed by atoms with Crippen molar-refractivity contribution in [3.05, 3.63) is 18.2 Å². The molecule has 0 aliphatic carbocycles. The van der Waals surface area contributed by atoms with E-state index in [4.69, 9.17) is 9.47 Å². The molecule has 1 saturated heterocycles. The van der Waals surface area contributed by atoms with Gasteiger partial charge in [0, 0.05) is 30.9 Å². The maximum atomic E-state index is 12.1. The van der Waals surface area contributed by atoms with Gasteiger partial charge in [0.05, 0.1) is 14.2 Å². The van der Waals surface area contributed by atoms with Gasteiger partial charge in [0.15, 0.2) is 11.5 Å². The van der Waals surface area contributed by atoms with Crippen molar-refractivity contribution in [1.82, 2.24) is 10.2 Å². The molecule has 2 rings (SSSR count). The fraction of sp³-hybridized carbons (Fsp3) is 0.611. The lowest BCUT2D eigenvalue weighted by molar-refractivity contribution is 0.139. The van der Waals surface area contributed by atoms with Gasteiger partial charge in [-0.15, -0.1) is 0 Å². The lowest BCUT2D eigenvalue weighted by Crippen LogP contribution is -2.44. The van der Waals surface area contributed by atoms with Gasteiger partial charge in [-0.05, 0) is 51.3 Å². The number of anilines is 1. The number of benzene rings is 1. The monoisotopic (exact) mass is 335 g/mol. The Kier molecular flexibility index (Phi) is 6.73. The Morgan fingerprint density at radius 2 is 2.04 bits per heavy atom. The summed E-state index contributed by atoms with van der Waals surface area (Å²) in [6, 6.07) is 5.69. The second kappa shape index (κ2) is 8.78. The number of hydrogen-bond donors (Lipinski definition) is 2. The molecule has 1 aliphatic rings. The predicted octanol–water partition coefficient (Wildman–Crippen LogP) is 2.95. The van der Waals surface area contributed by atoms with E-state index in [9.17, 15) is 4.79 Å². The van der Waals surface area contributed by atoms with Gasteiger partial charge < -0.3 is 25.0 Å². The minimum Gasteiger partial charge on any atom is -0.493 e. The molecule has 2 amide bonds. The Balaban J connectivity index is 1.83. The highest BCUT2D eigenvalue weighted by molar-refractivity contribution is 5.89. The molecule has 0 spiro atoms. The van der Waals surface area contributed by atoms with Crippen molar-refractivity contribution in [3.63, 3.8) is 0 Å². The largest absolute Gasteiger partial charge is 0.493 e. The van der Waals surface area contributed by atoms with Gasteiger partial charge in [-0.25, -0.2) is 4.79 Å². The molecule has 0 bridgehead atoms. The van der Waals surface area contributed by atoms with Crippen LogP contribution in [0.5, 0.6) is 11.5 Å². The average Bonchev–Trinajstić information content (AvgIpc) is 2.60. The van der Waals surface area contributed by atoms with Gasteiger partial charge in [0.2, 0.25) is 0 Å². The maximum absolute atomic E-state index is 12.1. The molecule has 2 N–H and O–H groups in total. The van der Waals surface area contributed by atoms with E-state index in [0.717, 1.165) is 13.1 Å². The van der Waals surface area contributed by atoms with Crippen molar-refractivity contribution in [1.29, 1.82) is 0 Å². The van der Waals surface area contributed by atoms with Crippen molar-refractivity contribution in [2.75, 3.05) is 39.2 Å². The summed E-state index contributed by atoms with van der Waals surface area (Å²) in [4.78, 5) is 14.6. The minimum absolute atomic E-state index is 0.191. The van der Waals surface area contributed by atoms with Crippen LogP contribution in [-0.4, -0.2) is 50.8 Å². The molecule has 6 heteroatoms. The van der Waals surface area contributed by atoms with E-state index in [-0.39, 0.29) is 6.03 Å². The van der Waals surface area contributed by atoms with Crippen molar-refractivity contribution < 1.29 is 14.3 Å². The Bertz CT molecular complexity index is 548. The van der Waals surface area contributed by atoms with Gasteiger partial charge in [0.1, 0.15) is 0 Å². The number of nitrogens with one attached hydrogen (secondary N) is 2. The van der Waals surface area contributed by atoms with Crippen LogP contribution in [0.3, 0.4) is 0 Å². The molecule has 1 atom stereocenters. The molecule has 1 aromatic rings. The summed E-state index contributed by atoms with van der Waals surface area (Å²) >= 11 is 0. The van der Waals surface area contributed by atoms with E-state index < -0.39 is 0 Å². The Morgan fingerprint density at radius 1 is 1.29 bits per heavy atom. The van der Waals surface area contributed by atoms with Crippen molar-refractivity contribution in [3.8, 4) is 11.5 Å². The van der Waals surface area contributed by atoms with Crippen LogP contribution in [0.15, 0.2) is 18.2 Å². The first-order valence-corrected chi connectivity index (χ1v) is 8.54. The van der Waals surface area contributed by atoms with Gasteiger partial charge in [-0.1, -0.05) is 0 Å². The molecule has 134 valence electrons. The Morgan fingerprint density at radius 3 is 2.71 bits per heavy atom. The smallest absolute Gasteiger partial charge is 0.319 e. The summed E-state index contributed by atoms with van der Waals surface area (Å²) < 4.78 is 10.4.